The summed E-state index contributed by atoms with van der Waals surface area (Å²) >= 11 is 0. The molecule has 5 rings (SSSR count). The van der Waals surface area contributed by atoms with Gasteiger partial charge >= 0.3 is 5.69 Å². The molecule has 194 valence electrons. The molecule has 1 fully saturated rings. The molecule has 0 atom stereocenters. The highest BCUT2D eigenvalue weighted by Crippen LogP contribution is 2.28. The van der Waals surface area contributed by atoms with Crippen LogP contribution in [-0.4, -0.2) is 58.6 Å². The molecule has 0 aliphatic carbocycles. The highest BCUT2D eigenvalue weighted by molar-refractivity contribution is 5.99. The molecule has 1 aliphatic rings. The first-order chi connectivity index (χ1) is 18.6. The van der Waals surface area contributed by atoms with Gasteiger partial charge in [0.15, 0.2) is 0 Å². The fourth-order valence-electron chi connectivity index (χ4n) is 4.86. The van der Waals surface area contributed by atoms with E-state index in [0.29, 0.717) is 43.1 Å². The third kappa shape index (κ3) is 5.03. The summed E-state index contributed by atoms with van der Waals surface area (Å²) in [5, 5.41) is 6.18. The van der Waals surface area contributed by atoms with Gasteiger partial charge in [-0.3, -0.25) is 18.7 Å². The lowest BCUT2D eigenvalue weighted by atomic mass is 10.1. The number of rotatable bonds is 7. The standard InChI is InChI=1S/C30H31N5O3/c1-22-10-8-9-15-25(22)35-26(23-11-4-2-5-12-23)27(29(37)33-19-16-31-17-20-33)34(30(35)38)21-18-32-28(36)24-13-6-3-7-14-24/h2-15,31H,16-21H2,1H3,(H,32,36). The molecule has 0 spiro atoms. The number of piperazine rings is 1. The Morgan fingerprint density at radius 1 is 0.868 bits per heavy atom. The molecule has 2 N–H and O–H groups in total. The Bertz CT molecular complexity index is 1490. The van der Waals surface area contributed by atoms with Crippen LogP contribution in [0.5, 0.6) is 0 Å². The number of para-hydroxylation sites is 1. The average Bonchev–Trinajstić information content (AvgIpc) is 3.25. The summed E-state index contributed by atoms with van der Waals surface area (Å²) in [6.45, 7) is 4.81. The minimum absolute atomic E-state index is 0.156. The number of aryl methyl sites for hydroxylation is 1. The lowest BCUT2D eigenvalue weighted by Crippen LogP contribution is -2.47. The number of hydrogen-bond acceptors (Lipinski definition) is 4. The molecule has 38 heavy (non-hydrogen) atoms. The second-order valence-electron chi connectivity index (χ2n) is 9.28. The Labute approximate surface area is 221 Å². The zero-order valence-electron chi connectivity index (χ0n) is 21.4. The highest BCUT2D eigenvalue weighted by Gasteiger charge is 2.31. The summed E-state index contributed by atoms with van der Waals surface area (Å²) in [6.07, 6.45) is 0. The molecule has 1 saturated heterocycles. The molecule has 8 heteroatoms. The molecule has 8 nitrogen and oxygen atoms in total. The van der Waals surface area contributed by atoms with Gasteiger partial charge in [-0.25, -0.2) is 4.79 Å². The first kappa shape index (κ1) is 25.2. The Kier molecular flexibility index (Phi) is 7.51. The first-order valence-electron chi connectivity index (χ1n) is 12.9. The van der Waals surface area contributed by atoms with Crippen LogP contribution in [0.25, 0.3) is 16.9 Å². The zero-order valence-corrected chi connectivity index (χ0v) is 21.4. The number of aromatic nitrogens is 2. The number of nitrogens with zero attached hydrogens (tertiary/aromatic N) is 3. The van der Waals surface area contributed by atoms with Crippen molar-refractivity contribution < 1.29 is 9.59 Å². The second-order valence-corrected chi connectivity index (χ2v) is 9.28. The molecule has 0 saturated carbocycles. The number of carbonyl (C=O) groups excluding carboxylic acids is 2. The van der Waals surface area contributed by atoms with Crippen molar-refractivity contribution in [2.75, 3.05) is 32.7 Å². The van der Waals surface area contributed by atoms with E-state index in [-0.39, 0.29) is 30.6 Å². The highest BCUT2D eigenvalue weighted by atomic mass is 16.2. The van der Waals surface area contributed by atoms with Gasteiger partial charge in [-0.05, 0) is 30.7 Å². The third-order valence-corrected chi connectivity index (χ3v) is 6.81. The normalized spacial score (nSPS) is 13.3. The molecule has 0 unspecified atom stereocenters. The van der Waals surface area contributed by atoms with Crippen LogP contribution in [0.2, 0.25) is 0 Å². The third-order valence-electron chi connectivity index (χ3n) is 6.81. The largest absolute Gasteiger partial charge is 0.350 e. The van der Waals surface area contributed by atoms with Gasteiger partial charge in [0.1, 0.15) is 5.69 Å². The minimum atomic E-state index is -0.314. The molecule has 1 aliphatic heterocycles. The average molecular weight is 510 g/mol. The quantitative estimate of drug-likeness (QED) is 0.401. The number of imidazole rings is 1. The van der Waals surface area contributed by atoms with Gasteiger partial charge in [0.2, 0.25) is 0 Å². The van der Waals surface area contributed by atoms with Crippen LogP contribution in [0.1, 0.15) is 26.4 Å². The topological polar surface area (TPSA) is 88.4 Å². The lowest BCUT2D eigenvalue weighted by Gasteiger charge is -2.28. The minimum Gasteiger partial charge on any atom is -0.350 e. The van der Waals surface area contributed by atoms with Gasteiger partial charge < -0.3 is 15.5 Å². The Balaban J connectivity index is 1.62. The van der Waals surface area contributed by atoms with Crippen molar-refractivity contribution in [1.82, 2.24) is 24.7 Å². The summed E-state index contributed by atoms with van der Waals surface area (Å²) < 4.78 is 3.16. The Morgan fingerprint density at radius 2 is 1.50 bits per heavy atom. The number of carbonyl (C=O) groups is 2. The fraction of sp³-hybridized carbons (Fsp3) is 0.233. The van der Waals surface area contributed by atoms with Gasteiger partial charge in [0.05, 0.1) is 11.4 Å². The first-order valence-corrected chi connectivity index (χ1v) is 12.9. The summed E-state index contributed by atoms with van der Waals surface area (Å²) in [7, 11) is 0. The molecular formula is C30H31N5O3. The van der Waals surface area contributed by atoms with Crippen molar-refractivity contribution in [3.05, 3.63) is 112 Å². The van der Waals surface area contributed by atoms with Crippen LogP contribution in [0.15, 0.2) is 89.7 Å². The Morgan fingerprint density at radius 3 is 2.18 bits per heavy atom. The molecule has 2 heterocycles. The van der Waals surface area contributed by atoms with E-state index in [9.17, 15) is 14.4 Å². The molecular weight excluding hydrogens is 478 g/mol. The van der Waals surface area contributed by atoms with Crippen LogP contribution in [0.4, 0.5) is 0 Å². The molecule has 3 aromatic carbocycles. The molecule has 2 amide bonds. The lowest BCUT2D eigenvalue weighted by molar-refractivity contribution is 0.0725. The summed E-state index contributed by atoms with van der Waals surface area (Å²) in [5.41, 5.74) is 3.53. The maximum absolute atomic E-state index is 14.1. The Hall–Kier alpha value is -4.43. The van der Waals surface area contributed by atoms with Crippen LogP contribution in [0.3, 0.4) is 0 Å². The van der Waals surface area contributed by atoms with Crippen LogP contribution < -0.4 is 16.3 Å². The summed E-state index contributed by atoms with van der Waals surface area (Å²) in [4.78, 5) is 42.6. The summed E-state index contributed by atoms with van der Waals surface area (Å²) in [5.74, 6) is -0.417. The van der Waals surface area contributed by atoms with Crippen molar-refractivity contribution in [3.63, 3.8) is 0 Å². The second kappa shape index (κ2) is 11.3. The van der Waals surface area contributed by atoms with Gasteiger partial charge in [-0.15, -0.1) is 0 Å². The van der Waals surface area contributed by atoms with E-state index >= 15 is 0 Å². The van der Waals surface area contributed by atoms with Gasteiger partial charge in [-0.1, -0.05) is 66.7 Å². The van der Waals surface area contributed by atoms with Crippen molar-refractivity contribution in [2.45, 2.75) is 13.5 Å². The predicted molar refractivity (Wildman–Crippen MR) is 148 cm³/mol. The fourth-order valence-corrected chi connectivity index (χ4v) is 4.86. The monoisotopic (exact) mass is 509 g/mol. The van der Waals surface area contributed by atoms with Crippen molar-refractivity contribution in [2.24, 2.45) is 0 Å². The maximum atomic E-state index is 14.1. The van der Waals surface area contributed by atoms with Crippen LogP contribution in [0, 0.1) is 6.92 Å². The van der Waals surface area contributed by atoms with Crippen molar-refractivity contribution in [3.8, 4) is 16.9 Å². The van der Waals surface area contributed by atoms with E-state index in [2.05, 4.69) is 10.6 Å². The SMILES string of the molecule is Cc1ccccc1-n1c(-c2ccccc2)c(C(=O)N2CCNCC2)n(CCNC(=O)c2ccccc2)c1=O. The number of nitrogens with one attached hydrogen (secondary N) is 2. The van der Waals surface area contributed by atoms with E-state index < -0.39 is 0 Å². The van der Waals surface area contributed by atoms with E-state index in [1.807, 2.05) is 67.6 Å². The van der Waals surface area contributed by atoms with E-state index in [1.165, 1.54) is 4.57 Å². The summed E-state index contributed by atoms with van der Waals surface area (Å²) in [6, 6.07) is 26.1. The van der Waals surface area contributed by atoms with Gasteiger partial charge in [0.25, 0.3) is 11.8 Å². The maximum Gasteiger partial charge on any atom is 0.333 e. The van der Waals surface area contributed by atoms with Crippen molar-refractivity contribution >= 4 is 11.8 Å². The van der Waals surface area contributed by atoms with Gasteiger partial charge in [0, 0.05) is 50.4 Å². The van der Waals surface area contributed by atoms with E-state index in [0.717, 1.165) is 16.8 Å². The predicted octanol–water partition coefficient (Wildman–Crippen LogP) is 3.09. The number of benzene rings is 3. The van der Waals surface area contributed by atoms with E-state index in [4.69, 9.17) is 0 Å². The van der Waals surface area contributed by atoms with Crippen LogP contribution >= 0.6 is 0 Å². The van der Waals surface area contributed by atoms with Crippen molar-refractivity contribution in [1.29, 1.82) is 0 Å². The van der Waals surface area contributed by atoms with Gasteiger partial charge in [-0.2, -0.15) is 0 Å². The van der Waals surface area contributed by atoms with Crippen LogP contribution in [-0.2, 0) is 6.54 Å². The molecule has 4 aromatic rings. The molecule has 0 bridgehead atoms. The smallest absolute Gasteiger partial charge is 0.333 e. The zero-order chi connectivity index (χ0) is 26.5. The number of hydrogen-bond donors (Lipinski definition) is 2. The van der Waals surface area contributed by atoms with E-state index in [1.54, 1.807) is 33.7 Å². The number of amides is 2. The molecule has 0 radical (unpaired) electrons. The molecule has 1 aromatic heterocycles.